The summed E-state index contributed by atoms with van der Waals surface area (Å²) in [5, 5.41) is 0.673. The summed E-state index contributed by atoms with van der Waals surface area (Å²) in [7, 11) is 4.87. The van der Waals surface area contributed by atoms with Crippen LogP contribution < -0.4 is 14.2 Å². The Hall–Kier alpha value is -2.40. The van der Waals surface area contributed by atoms with Crippen molar-refractivity contribution < 1.29 is 19.0 Å². The van der Waals surface area contributed by atoms with E-state index in [1.807, 2.05) is 12.1 Å². The lowest BCUT2D eigenvalue weighted by Gasteiger charge is -2.18. The zero-order valence-corrected chi connectivity index (χ0v) is 15.4. The largest absolute Gasteiger partial charge is 0.497 e. The van der Waals surface area contributed by atoms with Crippen LogP contribution >= 0.6 is 11.6 Å². The van der Waals surface area contributed by atoms with E-state index in [-0.39, 0.29) is 5.91 Å². The van der Waals surface area contributed by atoms with Crippen LogP contribution in [0.25, 0.3) is 0 Å². The molecule has 134 valence electrons. The number of hydrogen-bond donors (Lipinski definition) is 0. The quantitative estimate of drug-likeness (QED) is 0.667. The normalized spacial score (nSPS) is 10.2. The van der Waals surface area contributed by atoms with Crippen molar-refractivity contribution in [3.05, 3.63) is 53.1 Å². The number of benzene rings is 2. The van der Waals surface area contributed by atoms with E-state index in [1.165, 1.54) is 0 Å². The minimum absolute atomic E-state index is 0.0938. The molecular formula is C19H22ClNO4. The van der Waals surface area contributed by atoms with Gasteiger partial charge in [-0.15, -0.1) is 0 Å². The molecule has 0 radical (unpaired) electrons. The van der Waals surface area contributed by atoms with Gasteiger partial charge in [-0.25, -0.2) is 0 Å². The summed E-state index contributed by atoms with van der Waals surface area (Å²) < 4.78 is 16.0. The van der Waals surface area contributed by atoms with E-state index >= 15 is 0 Å². The van der Waals surface area contributed by atoms with Gasteiger partial charge in [0.2, 0.25) is 0 Å². The van der Waals surface area contributed by atoms with Crippen molar-refractivity contribution in [1.29, 1.82) is 0 Å². The summed E-state index contributed by atoms with van der Waals surface area (Å²) in [6.07, 6.45) is 0.714. The molecule has 0 spiro atoms. The number of rotatable bonds is 8. The van der Waals surface area contributed by atoms with Crippen LogP contribution in [0.5, 0.6) is 17.2 Å². The van der Waals surface area contributed by atoms with E-state index < -0.39 is 0 Å². The number of amides is 1. The van der Waals surface area contributed by atoms with Crippen molar-refractivity contribution in [1.82, 2.24) is 4.90 Å². The van der Waals surface area contributed by atoms with E-state index in [0.717, 1.165) is 5.75 Å². The zero-order valence-electron chi connectivity index (χ0n) is 14.6. The van der Waals surface area contributed by atoms with E-state index in [9.17, 15) is 4.79 Å². The van der Waals surface area contributed by atoms with Gasteiger partial charge in [0.1, 0.15) is 17.2 Å². The molecule has 1 amide bonds. The third-order valence-electron chi connectivity index (χ3n) is 3.67. The summed E-state index contributed by atoms with van der Waals surface area (Å²) in [6, 6.07) is 12.3. The van der Waals surface area contributed by atoms with Crippen molar-refractivity contribution in [2.45, 2.75) is 6.42 Å². The molecule has 0 aliphatic carbocycles. The molecule has 25 heavy (non-hydrogen) atoms. The van der Waals surface area contributed by atoms with Crippen LogP contribution in [0.2, 0.25) is 5.02 Å². The molecule has 0 atom stereocenters. The fourth-order valence-electron chi connectivity index (χ4n) is 2.28. The fourth-order valence-corrected chi connectivity index (χ4v) is 2.40. The fraction of sp³-hybridized carbons (Fsp3) is 0.316. The Morgan fingerprint density at radius 1 is 1.00 bits per heavy atom. The van der Waals surface area contributed by atoms with Crippen LogP contribution in [0.15, 0.2) is 42.5 Å². The van der Waals surface area contributed by atoms with Gasteiger partial charge in [-0.05, 0) is 42.8 Å². The average molecular weight is 364 g/mol. The second-order valence-corrected chi connectivity index (χ2v) is 5.92. The monoisotopic (exact) mass is 363 g/mol. The van der Waals surface area contributed by atoms with Gasteiger partial charge < -0.3 is 19.1 Å². The lowest BCUT2D eigenvalue weighted by atomic mass is 10.1. The Morgan fingerprint density at radius 3 is 2.16 bits per heavy atom. The number of hydrogen-bond acceptors (Lipinski definition) is 4. The molecule has 0 aliphatic rings. The molecule has 0 N–H and O–H groups in total. The highest BCUT2D eigenvalue weighted by atomic mass is 35.5. The van der Waals surface area contributed by atoms with Gasteiger partial charge in [0.25, 0.3) is 5.91 Å². The Balaban J connectivity index is 1.86. The number of ether oxygens (including phenoxy) is 3. The molecule has 5 nitrogen and oxygen atoms in total. The van der Waals surface area contributed by atoms with E-state index in [4.69, 9.17) is 25.8 Å². The molecule has 0 aliphatic heterocycles. The van der Waals surface area contributed by atoms with Gasteiger partial charge in [0.15, 0.2) is 0 Å². The van der Waals surface area contributed by atoms with Crippen LogP contribution in [0.3, 0.4) is 0 Å². The first-order chi connectivity index (χ1) is 12.0. The lowest BCUT2D eigenvalue weighted by molar-refractivity contribution is 0.0787. The van der Waals surface area contributed by atoms with Crippen molar-refractivity contribution in [2.24, 2.45) is 0 Å². The third kappa shape index (κ3) is 5.57. The minimum Gasteiger partial charge on any atom is -0.497 e. The summed E-state index contributed by atoms with van der Waals surface area (Å²) in [4.78, 5) is 14.2. The first-order valence-corrected chi connectivity index (χ1v) is 8.28. The molecule has 0 heterocycles. The Bertz CT molecular complexity index is 681. The molecule has 0 saturated carbocycles. The molecule has 0 aromatic heterocycles. The highest BCUT2D eigenvalue weighted by Gasteiger charge is 2.14. The first kappa shape index (κ1) is 18.9. The molecule has 2 aromatic rings. The number of nitrogens with zero attached hydrogens (tertiary/aromatic N) is 1. The van der Waals surface area contributed by atoms with Gasteiger partial charge >= 0.3 is 0 Å². The van der Waals surface area contributed by atoms with Crippen LogP contribution in [0.4, 0.5) is 0 Å². The van der Waals surface area contributed by atoms with Crippen LogP contribution in [0.1, 0.15) is 16.8 Å². The SMILES string of the molecule is COc1cc(OC)cc(C(=O)N(C)CCCOc2ccc(Cl)cc2)c1. The number of methoxy groups -OCH3 is 2. The zero-order chi connectivity index (χ0) is 18.2. The topological polar surface area (TPSA) is 48.0 Å². The van der Waals surface area contributed by atoms with Crippen molar-refractivity contribution in [3.63, 3.8) is 0 Å². The molecule has 2 rings (SSSR count). The average Bonchev–Trinajstić information content (AvgIpc) is 2.65. The summed E-state index contributed by atoms with van der Waals surface area (Å²) in [5.41, 5.74) is 0.525. The molecule has 2 aromatic carbocycles. The van der Waals surface area contributed by atoms with Gasteiger partial charge in [-0.3, -0.25) is 4.79 Å². The van der Waals surface area contributed by atoms with Crippen molar-refractivity contribution in [2.75, 3.05) is 34.4 Å². The highest BCUT2D eigenvalue weighted by Crippen LogP contribution is 2.23. The minimum atomic E-state index is -0.0938. The van der Waals surface area contributed by atoms with E-state index in [0.29, 0.717) is 41.7 Å². The molecule has 0 bridgehead atoms. The maximum absolute atomic E-state index is 12.5. The van der Waals surface area contributed by atoms with Gasteiger partial charge in [-0.1, -0.05) is 11.6 Å². The van der Waals surface area contributed by atoms with E-state index in [2.05, 4.69) is 0 Å². The predicted octanol–water partition coefficient (Wildman–Crippen LogP) is 3.90. The van der Waals surface area contributed by atoms with Gasteiger partial charge in [-0.2, -0.15) is 0 Å². The second kappa shape index (κ2) is 9.18. The molecule has 0 fully saturated rings. The number of carbonyl (C=O) groups excluding carboxylic acids is 1. The molecule has 0 saturated heterocycles. The summed E-state index contributed by atoms with van der Waals surface area (Å²) in [5.74, 6) is 1.84. The van der Waals surface area contributed by atoms with E-state index in [1.54, 1.807) is 56.5 Å². The maximum Gasteiger partial charge on any atom is 0.253 e. The number of halogens is 1. The highest BCUT2D eigenvalue weighted by molar-refractivity contribution is 6.30. The van der Waals surface area contributed by atoms with Crippen molar-refractivity contribution >= 4 is 17.5 Å². The molecular weight excluding hydrogens is 342 g/mol. The summed E-state index contributed by atoms with van der Waals surface area (Å²) in [6.45, 7) is 1.09. The third-order valence-corrected chi connectivity index (χ3v) is 3.92. The Labute approximate surface area is 153 Å². The van der Waals surface area contributed by atoms with Crippen LogP contribution in [0, 0.1) is 0 Å². The molecule has 0 unspecified atom stereocenters. The summed E-state index contributed by atoms with van der Waals surface area (Å²) >= 11 is 5.83. The van der Waals surface area contributed by atoms with Crippen LogP contribution in [-0.2, 0) is 0 Å². The maximum atomic E-state index is 12.5. The van der Waals surface area contributed by atoms with Gasteiger partial charge in [0.05, 0.1) is 20.8 Å². The standard InChI is InChI=1S/C19H22ClNO4/c1-21(9-4-10-25-16-7-5-15(20)6-8-16)19(22)14-11-17(23-2)13-18(12-14)24-3/h5-8,11-13H,4,9-10H2,1-3H3. The van der Waals surface area contributed by atoms with Gasteiger partial charge in [0, 0.05) is 30.2 Å². The first-order valence-electron chi connectivity index (χ1n) is 7.90. The van der Waals surface area contributed by atoms with Crippen molar-refractivity contribution in [3.8, 4) is 17.2 Å². The van der Waals surface area contributed by atoms with Crippen LogP contribution in [-0.4, -0.2) is 45.2 Å². The lowest BCUT2D eigenvalue weighted by Crippen LogP contribution is -2.28. The number of carbonyl (C=O) groups is 1. The molecule has 6 heteroatoms. The predicted molar refractivity (Wildman–Crippen MR) is 98.1 cm³/mol. The Kier molecular flexibility index (Phi) is 6.95. The smallest absolute Gasteiger partial charge is 0.253 e. The Morgan fingerprint density at radius 2 is 1.60 bits per heavy atom. The second-order valence-electron chi connectivity index (χ2n) is 5.48.